The first kappa shape index (κ1) is 19.2. The van der Waals surface area contributed by atoms with Crippen LogP contribution >= 0.6 is 0 Å². The van der Waals surface area contributed by atoms with Gasteiger partial charge in [0.15, 0.2) is 0 Å². The Morgan fingerprint density at radius 2 is 1.76 bits per heavy atom. The zero-order valence-electron chi connectivity index (χ0n) is 14.6. The third-order valence-electron chi connectivity index (χ3n) is 4.31. The van der Waals surface area contributed by atoms with E-state index in [0.29, 0.717) is 11.7 Å². The normalized spacial score (nSPS) is 20.5. The molecule has 1 saturated carbocycles. The van der Waals surface area contributed by atoms with Gasteiger partial charge in [-0.3, -0.25) is 0 Å². The first-order chi connectivity index (χ1) is 12.1. The van der Waals surface area contributed by atoms with Gasteiger partial charge in [-0.25, -0.2) is 9.59 Å². The number of carboxylic acid groups (broad SMARTS) is 1. The zero-order chi connectivity index (χ0) is 18.1. The second kappa shape index (κ2) is 9.99. The molecule has 5 heteroatoms. The molecular formula is C20H26O5. The highest BCUT2D eigenvalue weighted by atomic mass is 16.5. The van der Waals surface area contributed by atoms with Gasteiger partial charge >= 0.3 is 11.9 Å². The van der Waals surface area contributed by atoms with Crippen molar-refractivity contribution in [2.75, 3.05) is 6.61 Å². The average molecular weight is 346 g/mol. The van der Waals surface area contributed by atoms with Crippen molar-refractivity contribution in [3.8, 4) is 0 Å². The fourth-order valence-electron chi connectivity index (χ4n) is 2.83. The Labute approximate surface area is 148 Å². The van der Waals surface area contributed by atoms with E-state index < -0.39 is 5.97 Å². The Morgan fingerprint density at radius 1 is 1.12 bits per heavy atom. The van der Waals surface area contributed by atoms with E-state index in [1.165, 1.54) is 6.08 Å². The van der Waals surface area contributed by atoms with E-state index in [1.807, 2.05) is 0 Å². The lowest BCUT2D eigenvalue weighted by Crippen LogP contribution is -2.28. The summed E-state index contributed by atoms with van der Waals surface area (Å²) in [4.78, 5) is 22.7. The van der Waals surface area contributed by atoms with E-state index in [-0.39, 0.29) is 12.1 Å². The molecule has 0 bridgehead atoms. The van der Waals surface area contributed by atoms with E-state index in [1.54, 1.807) is 24.3 Å². The summed E-state index contributed by atoms with van der Waals surface area (Å²) in [6.07, 6.45) is 8.55. The standard InChI is InChI=1S/C20H26O5/c1-2-3-14-24-17-9-11-18(12-10-17)25-20(23)16-7-4-15(5-8-16)6-13-19(21)22/h4-8,13,17-18H,2-3,9-12,14H2,1H3,(H,21,22). The van der Waals surface area contributed by atoms with E-state index in [9.17, 15) is 9.59 Å². The van der Waals surface area contributed by atoms with Crippen molar-refractivity contribution >= 4 is 18.0 Å². The maximum absolute atomic E-state index is 12.2. The van der Waals surface area contributed by atoms with Gasteiger partial charge in [0, 0.05) is 12.7 Å². The molecule has 1 fully saturated rings. The number of carbonyl (C=O) groups is 2. The fourth-order valence-corrected chi connectivity index (χ4v) is 2.83. The first-order valence-corrected chi connectivity index (χ1v) is 8.92. The molecule has 0 spiro atoms. The van der Waals surface area contributed by atoms with Crippen molar-refractivity contribution in [3.63, 3.8) is 0 Å². The van der Waals surface area contributed by atoms with E-state index in [0.717, 1.165) is 56.8 Å². The number of hydrogen-bond donors (Lipinski definition) is 1. The quantitative estimate of drug-likeness (QED) is 0.436. The van der Waals surface area contributed by atoms with E-state index >= 15 is 0 Å². The lowest BCUT2D eigenvalue weighted by Gasteiger charge is -2.28. The van der Waals surface area contributed by atoms with Crippen molar-refractivity contribution in [2.24, 2.45) is 0 Å². The van der Waals surface area contributed by atoms with Gasteiger partial charge in [-0.15, -0.1) is 0 Å². The van der Waals surface area contributed by atoms with Crippen LogP contribution < -0.4 is 0 Å². The number of unbranched alkanes of at least 4 members (excludes halogenated alkanes) is 1. The Morgan fingerprint density at radius 3 is 2.36 bits per heavy atom. The fraction of sp³-hybridized carbons (Fsp3) is 0.500. The number of esters is 1. The van der Waals surface area contributed by atoms with Crippen molar-refractivity contribution in [1.29, 1.82) is 0 Å². The summed E-state index contributed by atoms with van der Waals surface area (Å²) in [6, 6.07) is 6.72. The molecule has 0 aliphatic heterocycles. The molecule has 0 saturated heterocycles. The van der Waals surface area contributed by atoms with Crippen LogP contribution in [0.15, 0.2) is 30.3 Å². The molecule has 136 valence electrons. The molecule has 2 rings (SSSR count). The second-order valence-corrected chi connectivity index (χ2v) is 6.32. The lowest BCUT2D eigenvalue weighted by atomic mass is 9.95. The number of carboxylic acids is 1. The molecule has 1 aromatic rings. The molecule has 0 amide bonds. The average Bonchev–Trinajstić information content (AvgIpc) is 2.62. The largest absolute Gasteiger partial charge is 0.478 e. The third-order valence-corrected chi connectivity index (χ3v) is 4.31. The third kappa shape index (κ3) is 6.70. The highest BCUT2D eigenvalue weighted by Crippen LogP contribution is 2.24. The number of ether oxygens (including phenoxy) is 2. The minimum absolute atomic E-state index is 0.0508. The summed E-state index contributed by atoms with van der Waals surface area (Å²) in [6.45, 7) is 2.96. The molecule has 1 N–H and O–H groups in total. The molecule has 25 heavy (non-hydrogen) atoms. The molecule has 5 nitrogen and oxygen atoms in total. The summed E-state index contributed by atoms with van der Waals surface area (Å²) >= 11 is 0. The van der Waals surface area contributed by atoms with Gasteiger partial charge in [0.1, 0.15) is 6.10 Å². The predicted molar refractivity (Wildman–Crippen MR) is 95.4 cm³/mol. The smallest absolute Gasteiger partial charge is 0.338 e. The van der Waals surface area contributed by atoms with E-state index in [2.05, 4.69) is 6.92 Å². The number of hydrogen-bond acceptors (Lipinski definition) is 4. The molecule has 0 atom stereocenters. The Bertz CT molecular complexity index is 583. The van der Waals surface area contributed by atoms with Crippen molar-refractivity contribution in [3.05, 3.63) is 41.5 Å². The Kier molecular flexibility index (Phi) is 7.67. The van der Waals surface area contributed by atoms with Crippen molar-refractivity contribution in [1.82, 2.24) is 0 Å². The molecule has 0 aromatic heterocycles. The molecular weight excluding hydrogens is 320 g/mol. The maximum atomic E-state index is 12.2. The van der Waals surface area contributed by atoms with Gasteiger partial charge in [0.2, 0.25) is 0 Å². The molecule has 0 radical (unpaired) electrons. The molecule has 1 aliphatic rings. The maximum Gasteiger partial charge on any atom is 0.338 e. The van der Waals surface area contributed by atoms with E-state index in [4.69, 9.17) is 14.6 Å². The van der Waals surface area contributed by atoms with Crippen molar-refractivity contribution in [2.45, 2.75) is 57.7 Å². The van der Waals surface area contributed by atoms with Crippen LogP contribution in [0.3, 0.4) is 0 Å². The number of carbonyl (C=O) groups excluding carboxylic acids is 1. The lowest BCUT2D eigenvalue weighted by molar-refractivity contribution is -0.131. The zero-order valence-corrected chi connectivity index (χ0v) is 14.6. The topological polar surface area (TPSA) is 72.8 Å². The number of rotatable bonds is 8. The summed E-state index contributed by atoms with van der Waals surface area (Å²) < 4.78 is 11.4. The monoisotopic (exact) mass is 346 g/mol. The second-order valence-electron chi connectivity index (χ2n) is 6.32. The molecule has 0 heterocycles. The first-order valence-electron chi connectivity index (χ1n) is 8.92. The number of benzene rings is 1. The highest BCUT2D eigenvalue weighted by Gasteiger charge is 2.24. The van der Waals surface area contributed by atoms with Crippen LogP contribution in [0.2, 0.25) is 0 Å². The van der Waals surface area contributed by atoms with Crippen LogP contribution in [0.1, 0.15) is 61.4 Å². The molecule has 0 unspecified atom stereocenters. The summed E-state index contributed by atoms with van der Waals surface area (Å²) in [5, 5.41) is 8.61. The van der Waals surface area contributed by atoms with Crippen LogP contribution in [-0.2, 0) is 14.3 Å². The Hall–Kier alpha value is -2.14. The van der Waals surface area contributed by atoms with Crippen molar-refractivity contribution < 1.29 is 24.2 Å². The van der Waals surface area contributed by atoms with Crippen LogP contribution in [0.25, 0.3) is 6.08 Å². The van der Waals surface area contributed by atoms with Crippen LogP contribution in [-0.4, -0.2) is 35.9 Å². The number of aliphatic carboxylic acids is 1. The van der Waals surface area contributed by atoms with Crippen LogP contribution in [0, 0.1) is 0 Å². The predicted octanol–water partition coefficient (Wildman–Crippen LogP) is 4.07. The highest BCUT2D eigenvalue weighted by molar-refractivity contribution is 5.90. The Balaban J connectivity index is 1.77. The van der Waals surface area contributed by atoms with Gasteiger partial charge in [0.05, 0.1) is 11.7 Å². The summed E-state index contributed by atoms with van der Waals surface area (Å²) in [5.41, 5.74) is 1.21. The summed E-state index contributed by atoms with van der Waals surface area (Å²) in [7, 11) is 0. The molecule has 1 aliphatic carbocycles. The van der Waals surface area contributed by atoms with Crippen LogP contribution in [0.4, 0.5) is 0 Å². The van der Waals surface area contributed by atoms with Crippen LogP contribution in [0.5, 0.6) is 0 Å². The van der Waals surface area contributed by atoms with Gasteiger partial charge < -0.3 is 14.6 Å². The SMILES string of the molecule is CCCCOC1CCC(OC(=O)c2ccc(C=CC(=O)O)cc2)CC1. The van der Waals surface area contributed by atoms with Gasteiger partial charge in [-0.1, -0.05) is 25.5 Å². The van der Waals surface area contributed by atoms with Gasteiger partial charge in [-0.2, -0.15) is 0 Å². The van der Waals surface area contributed by atoms with Gasteiger partial charge in [-0.05, 0) is 55.9 Å². The molecule has 1 aromatic carbocycles. The minimum Gasteiger partial charge on any atom is -0.478 e. The van der Waals surface area contributed by atoms with Gasteiger partial charge in [0.25, 0.3) is 0 Å². The minimum atomic E-state index is -1.00. The summed E-state index contributed by atoms with van der Waals surface area (Å²) in [5.74, 6) is -1.33.